The highest BCUT2D eigenvalue weighted by Gasteiger charge is 2.64. The monoisotopic (exact) mass is 902 g/mol. The van der Waals surface area contributed by atoms with Crippen molar-refractivity contribution in [3.05, 3.63) is 52.1 Å². The predicted octanol–water partition coefficient (Wildman–Crippen LogP) is 5.33. The van der Waals surface area contributed by atoms with E-state index >= 15 is 0 Å². The molecule has 5 amide bonds. The number of nitrogens with zero attached hydrogens (tertiary/aromatic N) is 3. The SMILES string of the molecule is C/C1=C\C=C\C(C)C2(O)CC(OC(=O)N2)C(C)C2OC2(C)C(OC(=O)C(C)N(C)C(=O)CCC(C)(C)SCC(=O)ON2C(=O)CCC2=O)CC(=O)N(C)c2cc(cc(C)c2Cl)C1. The Labute approximate surface area is 371 Å². The van der Waals surface area contributed by atoms with E-state index in [1.54, 1.807) is 20.9 Å². The van der Waals surface area contributed by atoms with Crippen molar-refractivity contribution in [2.75, 3.05) is 24.7 Å². The molecule has 0 radical (unpaired) electrons. The van der Waals surface area contributed by atoms with E-state index in [0.29, 0.717) is 28.6 Å². The highest BCUT2D eigenvalue weighted by Crippen LogP contribution is 2.49. The number of amides is 5. The van der Waals surface area contributed by atoms with Crippen LogP contribution in [0.4, 0.5) is 10.5 Å². The van der Waals surface area contributed by atoms with Gasteiger partial charge in [0.1, 0.15) is 29.6 Å². The van der Waals surface area contributed by atoms with Crippen molar-refractivity contribution in [2.45, 2.75) is 141 Å². The van der Waals surface area contributed by atoms with Gasteiger partial charge in [0.15, 0.2) is 0 Å². The van der Waals surface area contributed by atoms with Crippen molar-refractivity contribution in [2.24, 2.45) is 11.8 Å². The molecule has 4 bridgehead atoms. The van der Waals surface area contributed by atoms with Gasteiger partial charge >= 0.3 is 18.0 Å². The van der Waals surface area contributed by atoms with Gasteiger partial charge in [-0.1, -0.05) is 69.2 Å². The standard InChI is InChI=1S/C44H59ClN4O12S/c1-24-12-11-13-26(3)44(57)22-31(58-41(56)46-44)27(4)39-43(8,60-39)32(21-36(53)48(10)30-20-29(18-24)19-25(2)38(30)45)59-40(55)28(5)47(9)33(50)16-17-42(6,7)62-23-37(54)61-49-34(51)14-15-35(49)52/h11-13,19-20,26-28,31-32,39,57H,14-18,21-23H2,1-10H3,(H,46,56)/b13-11+,24-12+. The molecule has 8 atom stereocenters. The Kier molecular flexibility index (Phi) is 15.0. The zero-order chi connectivity index (χ0) is 46.1. The number of epoxide rings is 1. The number of allylic oxidation sites excluding steroid dienone is 3. The molecule has 1 aromatic carbocycles. The van der Waals surface area contributed by atoms with E-state index in [9.17, 15) is 38.7 Å². The number of hydrogen-bond donors (Lipinski definition) is 2. The lowest BCUT2D eigenvalue weighted by molar-refractivity contribution is -0.195. The number of carbonyl (C=O) groups is 7. The number of nitrogens with one attached hydrogen (secondary N) is 1. The summed E-state index contributed by atoms with van der Waals surface area (Å²) in [6, 6.07) is 2.70. The van der Waals surface area contributed by atoms with Crippen LogP contribution in [0.2, 0.25) is 5.02 Å². The van der Waals surface area contributed by atoms with Crippen LogP contribution in [0.15, 0.2) is 35.9 Å². The quantitative estimate of drug-likeness (QED) is 0.174. The summed E-state index contributed by atoms with van der Waals surface area (Å²) in [5.41, 5.74) is 0.255. The number of esters is 1. The summed E-state index contributed by atoms with van der Waals surface area (Å²) in [6.45, 7) is 14.3. The molecule has 62 heavy (non-hydrogen) atoms. The van der Waals surface area contributed by atoms with Gasteiger partial charge in [-0.25, -0.2) is 14.4 Å². The maximum atomic E-state index is 14.2. The normalized spacial score (nSPS) is 30.0. The number of anilines is 1. The van der Waals surface area contributed by atoms with Gasteiger partial charge in [-0.05, 0) is 57.7 Å². The number of rotatable bonds is 10. The molecule has 0 aliphatic carbocycles. The van der Waals surface area contributed by atoms with Gasteiger partial charge in [0.25, 0.3) is 11.8 Å². The minimum Gasteiger partial charge on any atom is -0.457 e. The molecule has 8 unspecified atom stereocenters. The molecule has 340 valence electrons. The first-order valence-electron chi connectivity index (χ1n) is 20.8. The van der Waals surface area contributed by atoms with E-state index in [2.05, 4.69) is 5.32 Å². The first-order chi connectivity index (χ1) is 28.9. The highest BCUT2D eigenvalue weighted by atomic mass is 35.5. The number of ether oxygens (including phenoxy) is 3. The maximum absolute atomic E-state index is 14.2. The molecule has 5 rings (SSSR count). The first kappa shape index (κ1) is 48.6. The fourth-order valence-corrected chi connectivity index (χ4v) is 8.90. The molecule has 1 aromatic rings. The maximum Gasteiger partial charge on any atom is 0.409 e. The van der Waals surface area contributed by atoms with E-state index in [-0.39, 0.29) is 43.8 Å². The summed E-state index contributed by atoms with van der Waals surface area (Å²) in [5.74, 6) is -4.70. The molecule has 0 aromatic heterocycles. The molecule has 4 aliphatic heterocycles. The number of carbonyl (C=O) groups excluding carboxylic acids is 7. The van der Waals surface area contributed by atoms with Crippen LogP contribution < -0.4 is 10.2 Å². The number of hydrogen-bond acceptors (Lipinski definition) is 13. The van der Waals surface area contributed by atoms with Crippen molar-refractivity contribution >= 4 is 70.7 Å². The van der Waals surface area contributed by atoms with Crippen LogP contribution in [0.5, 0.6) is 0 Å². The van der Waals surface area contributed by atoms with Gasteiger partial charge in [0, 0.05) is 56.4 Å². The Morgan fingerprint density at radius 3 is 2.44 bits per heavy atom. The van der Waals surface area contributed by atoms with Crippen LogP contribution in [0, 0.1) is 18.8 Å². The number of halogens is 1. The summed E-state index contributed by atoms with van der Waals surface area (Å²) in [4.78, 5) is 98.2. The summed E-state index contributed by atoms with van der Waals surface area (Å²) >= 11 is 7.99. The molecule has 4 aliphatic rings. The second-order valence-electron chi connectivity index (χ2n) is 17.7. The fraction of sp³-hybridized carbons (Fsp3) is 0.614. The number of aliphatic hydroxyl groups is 1. The van der Waals surface area contributed by atoms with Crippen LogP contribution >= 0.6 is 23.4 Å². The third kappa shape index (κ3) is 11.2. The van der Waals surface area contributed by atoms with Crippen molar-refractivity contribution in [1.29, 1.82) is 0 Å². The number of likely N-dealkylation sites (N-methyl/N-ethyl adjacent to an activating group) is 1. The topological polar surface area (TPSA) is 202 Å². The Hall–Kier alpha value is -4.45. The third-order valence-electron chi connectivity index (χ3n) is 12.4. The Morgan fingerprint density at radius 1 is 1.11 bits per heavy atom. The second-order valence-corrected chi connectivity index (χ2v) is 19.8. The lowest BCUT2D eigenvalue weighted by atomic mass is 9.82. The molecule has 0 spiro atoms. The van der Waals surface area contributed by atoms with E-state index in [4.69, 9.17) is 30.6 Å². The molecule has 3 saturated heterocycles. The van der Waals surface area contributed by atoms with Gasteiger partial charge in [0.05, 0.1) is 29.0 Å². The van der Waals surface area contributed by atoms with Gasteiger partial charge in [-0.2, -0.15) is 0 Å². The number of alkyl carbamates (subject to hydrolysis) is 1. The van der Waals surface area contributed by atoms with Crippen LogP contribution in [0.1, 0.15) is 98.1 Å². The van der Waals surface area contributed by atoms with Crippen molar-refractivity contribution in [3.8, 4) is 0 Å². The van der Waals surface area contributed by atoms with Crippen molar-refractivity contribution in [1.82, 2.24) is 15.3 Å². The minimum absolute atomic E-state index is 0.00364. The number of benzene rings is 1. The van der Waals surface area contributed by atoms with Crippen molar-refractivity contribution < 1.29 is 57.7 Å². The van der Waals surface area contributed by atoms with Crippen LogP contribution in [-0.2, 0) is 54.2 Å². The molecule has 3 fully saturated rings. The Bertz CT molecular complexity index is 2030. The van der Waals surface area contributed by atoms with Gasteiger partial charge < -0.3 is 34.0 Å². The number of hydroxylamine groups is 2. The van der Waals surface area contributed by atoms with Gasteiger partial charge in [-0.15, -0.1) is 16.8 Å². The zero-order valence-electron chi connectivity index (χ0n) is 37.1. The molecule has 18 heteroatoms. The summed E-state index contributed by atoms with van der Waals surface area (Å²) in [5, 5.41) is 15.2. The molecule has 16 nitrogen and oxygen atoms in total. The Balaban J connectivity index is 1.33. The van der Waals surface area contributed by atoms with E-state index < -0.39 is 88.0 Å². The Morgan fingerprint density at radius 2 is 1.77 bits per heavy atom. The zero-order valence-corrected chi connectivity index (χ0v) is 38.6. The fourth-order valence-electron chi connectivity index (χ4n) is 7.86. The number of aryl methyl sites for hydroxylation is 1. The largest absolute Gasteiger partial charge is 0.457 e. The second kappa shape index (κ2) is 19.1. The van der Waals surface area contributed by atoms with Crippen LogP contribution in [0.3, 0.4) is 0 Å². The lowest BCUT2D eigenvalue weighted by Gasteiger charge is -2.41. The van der Waals surface area contributed by atoms with Gasteiger partial charge in [-0.3, -0.25) is 24.5 Å². The average Bonchev–Trinajstić information content (AvgIpc) is 3.81. The smallest absolute Gasteiger partial charge is 0.409 e. The third-order valence-corrected chi connectivity index (χ3v) is 14.2. The van der Waals surface area contributed by atoms with Crippen molar-refractivity contribution in [3.63, 3.8) is 0 Å². The number of fused-ring (bicyclic) bond motifs is 5. The average molecular weight is 903 g/mol. The molecular formula is C44H59ClN4O12S. The number of imide groups is 1. The van der Waals surface area contributed by atoms with Crippen LogP contribution in [-0.4, -0.2) is 117 Å². The van der Waals surface area contributed by atoms with E-state index in [1.807, 2.05) is 65.0 Å². The summed E-state index contributed by atoms with van der Waals surface area (Å²) < 4.78 is 17.5. The van der Waals surface area contributed by atoms with E-state index in [0.717, 1.165) is 16.7 Å². The molecular weight excluding hydrogens is 844 g/mol. The molecule has 0 saturated carbocycles. The summed E-state index contributed by atoms with van der Waals surface area (Å²) in [6.07, 6.45) is 2.67. The molecule has 4 heterocycles. The highest BCUT2D eigenvalue weighted by molar-refractivity contribution is 8.01. The van der Waals surface area contributed by atoms with Gasteiger partial charge in [0.2, 0.25) is 11.8 Å². The van der Waals surface area contributed by atoms with Crippen LogP contribution in [0.25, 0.3) is 0 Å². The number of thioether (sulfide) groups is 1. The first-order valence-corrected chi connectivity index (χ1v) is 22.2. The minimum atomic E-state index is -1.64. The molecule has 2 N–H and O–H groups in total. The summed E-state index contributed by atoms with van der Waals surface area (Å²) in [7, 11) is 3.07. The predicted molar refractivity (Wildman–Crippen MR) is 230 cm³/mol. The lowest BCUT2D eigenvalue weighted by Crippen LogP contribution is -2.60. The van der Waals surface area contributed by atoms with E-state index in [1.165, 1.54) is 35.5 Å².